The normalized spacial score (nSPS) is 12.7. The number of hydrogen-bond acceptors (Lipinski definition) is 3. The molecule has 0 fully saturated rings. The van der Waals surface area contributed by atoms with Gasteiger partial charge in [-0.1, -0.05) is 82.6 Å². The first-order valence-corrected chi connectivity index (χ1v) is 14.7. The van der Waals surface area contributed by atoms with Crippen LogP contribution < -0.4 is 5.32 Å². The van der Waals surface area contributed by atoms with Gasteiger partial charge in [0.1, 0.15) is 5.82 Å². The van der Waals surface area contributed by atoms with E-state index < -0.39 is 23.6 Å². The van der Waals surface area contributed by atoms with Gasteiger partial charge in [0, 0.05) is 11.1 Å². The third kappa shape index (κ3) is 6.77. The molecular weight excluding hydrogens is 579 g/mol. The number of aromatic carboxylic acids is 1. The molecule has 4 aromatic carbocycles. The van der Waals surface area contributed by atoms with Crippen molar-refractivity contribution in [3.05, 3.63) is 113 Å². The van der Waals surface area contributed by atoms with Gasteiger partial charge in [-0.2, -0.15) is 13.2 Å². The van der Waals surface area contributed by atoms with Crippen LogP contribution in [-0.2, 0) is 11.6 Å². The van der Waals surface area contributed by atoms with Crippen molar-refractivity contribution >= 4 is 22.9 Å². The number of aromatic nitrogens is 2. The molecular formula is C36H34F3N3O3. The Morgan fingerprint density at radius 2 is 1.56 bits per heavy atom. The topological polar surface area (TPSA) is 95.1 Å². The Labute approximate surface area is 259 Å². The molecule has 5 aromatic rings. The number of aromatic amines is 1. The zero-order valence-electron chi connectivity index (χ0n) is 25.4. The van der Waals surface area contributed by atoms with Crippen LogP contribution in [0.1, 0.15) is 84.0 Å². The fraction of sp³-hybridized carbons (Fsp3) is 0.250. The maximum atomic E-state index is 13.9. The zero-order valence-corrected chi connectivity index (χ0v) is 25.4. The van der Waals surface area contributed by atoms with Gasteiger partial charge in [0.15, 0.2) is 0 Å². The fourth-order valence-electron chi connectivity index (χ4n) is 5.39. The number of alkyl halides is 3. The predicted molar refractivity (Wildman–Crippen MR) is 169 cm³/mol. The monoisotopic (exact) mass is 613 g/mol. The summed E-state index contributed by atoms with van der Waals surface area (Å²) in [6.07, 6.45) is -3.20. The van der Waals surface area contributed by atoms with E-state index in [0.717, 1.165) is 29.7 Å². The molecule has 0 saturated heterocycles. The molecule has 5 rings (SSSR count). The van der Waals surface area contributed by atoms with Crippen LogP contribution in [0, 0.1) is 0 Å². The number of carboxylic acids is 1. The van der Waals surface area contributed by atoms with E-state index in [1.165, 1.54) is 24.3 Å². The van der Waals surface area contributed by atoms with Gasteiger partial charge in [-0.05, 0) is 70.5 Å². The molecule has 0 spiro atoms. The lowest BCUT2D eigenvalue weighted by molar-refractivity contribution is -0.137. The Kier molecular flexibility index (Phi) is 8.56. The molecule has 1 heterocycles. The highest BCUT2D eigenvalue weighted by Gasteiger charge is 2.32. The molecule has 1 atom stereocenters. The summed E-state index contributed by atoms with van der Waals surface area (Å²) in [5.41, 5.74) is 2.34. The molecule has 0 radical (unpaired) electrons. The summed E-state index contributed by atoms with van der Waals surface area (Å²) in [5.74, 6) is -1.57. The van der Waals surface area contributed by atoms with E-state index in [2.05, 4.69) is 36.1 Å². The average molecular weight is 614 g/mol. The van der Waals surface area contributed by atoms with Crippen molar-refractivity contribution in [3.8, 4) is 22.5 Å². The van der Waals surface area contributed by atoms with E-state index in [-0.39, 0.29) is 33.7 Å². The quantitative estimate of drug-likeness (QED) is 0.163. The second-order valence-electron chi connectivity index (χ2n) is 12.1. The minimum Gasteiger partial charge on any atom is -0.478 e. The van der Waals surface area contributed by atoms with Gasteiger partial charge in [0.05, 0.1) is 28.2 Å². The van der Waals surface area contributed by atoms with Crippen LogP contribution in [0.4, 0.5) is 13.2 Å². The van der Waals surface area contributed by atoms with E-state index in [0.29, 0.717) is 28.8 Å². The van der Waals surface area contributed by atoms with Gasteiger partial charge in [0.2, 0.25) is 0 Å². The summed E-state index contributed by atoms with van der Waals surface area (Å²) in [7, 11) is 0. The summed E-state index contributed by atoms with van der Waals surface area (Å²) in [6.45, 7) is 8.21. The van der Waals surface area contributed by atoms with Crippen molar-refractivity contribution in [2.45, 2.75) is 58.2 Å². The highest BCUT2D eigenvalue weighted by atomic mass is 19.4. The number of nitrogens with zero attached hydrogens (tertiary/aromatic N) is 1. The number of carbonyl (C=O) groups excluding carboxylic acids is 1. The third-order valence-electron chi connectivity index (χ3n) is 7.84. The van der Waals surface area contributed by atoms with Gasteiger partial charge in [0.25, 0.3) is 5.91 Å². The van der Waals surface area contributed by atoms with E-state index in [4.69, 9.17) is 0 Å². The lowest BCUT2D eigenvalue weighted by Crippen LogP contribution is -2.28. The lowest BCUT2D eigenvalue weighted by atomic mass is 9.87. The summed E-state index contributed by atoms with van der Waals surface area (Å²) in [4.78, 5) is 33.7. The lowest BCUT2D eigenvalue weighted by Gasteiger charge is -2.19. The van der Waals surface area contributed by atoms with Crippen LogP contribution >= 0.6 is 0 Å². The van der Waals surface area contributed by atoms with Gasteiger partial charge in [-0.15, -0.1) is 0 Å². The first-order chi connectivity index (χ1) is 21.3. The first kappa shape index (κ1) is 31.5. The van der Waals surface area contributed by atoms with Gasteiger partial charge < -0.3 is 15.4 Å². The first-order valence-electron chi connectivity index (χ1n) is 14.7. The number of halogens is 3. The Hall–Kier alpha value is -4.92. The van der Waals surface area contributed by atoms with Crippen molar-refractivity contribution in [2.24, 2.45) is 0 Å². The fourth-order valence-corrected chi connectivity index (χ4v) is 5.39. The molecule has 45 heavy (non-hydrogen) atoms. The van der Waals surface area contributed by atoms with Crippen LogP contribution in [0.2, 0.25) is 0 Å². The third-order valence-corrected chi connectivity index (χ3v) is 7.84. The van der Waals surface area contributed by atoms with Gasteiger partial charge >= 0.3 is 12.1 Å². The van der Waals surface area contributed by atoms with Gasteiger partial charge in [-0.3, -0.25) is 4.79 Å². The van der Waals surface area contributed by atoms with Crippen LogP contribution in [0.3, 0.4) is 0 Å². The minimum absolute atomic E-state index is 0.0254. The number of hydrogen-bond donors (Lipinski definition) is 3. The van der Waals surface area contributed by atoms with E-state index in [1.54, 1.807) is 0 Å². The number of carbonyl (C=O) groups is 2. The highest BCUT2D eigenvalue weighted by molar-refractivity contribution is 6.03. The SMILES string of the molecule is CCC[C@@H](NC(=O)c1ccc(-c2cc(C(F)(F)F)ccc2-c2nc3ccc(C(C)(C)C)cc3[nH]2)c(C(=O)O)c1)c1ccccc1. The zero-order chi connectivity index (χ0) is 32.5. The van der Waals surface area contributed by atoms with Crippen LogP contribution in [-0.4, -0.2) is 27.0 Å². The van der Waals surface area contributed by atoms with Crippen molar-refractivity contribution in [1.29, 1.82) is 0 Å². The summed E-state index contributed by atoms with van der Waals surface area (Å²) < 4.78 is 41.7. The molecule has 3 N–H and O–H groups in total. The molecule has 1 aromatic heterocycles. The number of amides is 1. The summed E-state index contributed by atoms with van der Waals surface area (Å²) in [6, 6.07) is 22.1. The number of benzene rings is 4. The molecule has 0 aliphatic rings. The van der Waals surface area contributed by atoms with Gasteiger partial charge in [-0.25, -0.2) is 9.78 Å². The Morgan fingerprint density at radius 3 is 2.20 bits per heavy atom. The van der Waals surface area contributed by atoms with Crippen LogP contribution in [0.25, 0.3) is 33.5 Å². The molecule has 1 amide bonds. The molecule has 0 bridgehead atoms. The molecule has 0 saturated carbocycles. The van der Waals surface area contributed by atoms with Crippen molar-refractivity contribution < 1.29 is 27.9 Å². The molecule has 0 aliphatic heterocycles. The summed E-state index contributed by atoms with van der Waals surface area (Å²) in [5, 5.41) is 13.2. The Balaban J connectivity index is 1.60. The number of imidazole rings is 1. The van der Waals surface area contributed by atoms with Crippen LogP contribution in [0.5, 0.6) is 0 Å². The maximum absolute atomic E-state index is 13.9. The molecule has 0 unspecified atom stereocenters. The van der Waals surface area contributed by atoms with Crippen molar-refractivity contribution in [3.63, 3.8) is 0 Å². The predicted octanol–water partition coefficient (Wildman–Crippen LogP) is 9.18. The highest BCUT2D eigenvalue weighted by Crippen LogP contribution is 2.39. The molecule has 232 valence electrons. The molecule has 6 nitrogen and oxygen atoms in total. The van der Waals surface area contributed by atoms with E-state index >= 15 is 0 Å². The smallest absolute Gasteiger partial charge is 0.416 e. The summed E-state index contributed by atoms with van der Waals surface area (Å²) >= 11 is 0. The Morgan fingerprint density at radius 1 is 0.867 bits per heavy atom. The number of nitrogens with one attached hydrogen (secondary N) is 2. The number of carboxylic acid groups (broad SMARTS) is 1. The minimum atomic E-state index is -4.67. The number of rotatable bonds is 8. The second-order valence-corrected chi connectivity index (χ2v) is 12.1. The largest absolute Gasteiger partial charge is 0.478 e. The molecule has 0 aliphatic carbocycles. The maximum Gasteiger partial charge on any atom is 0.416 e. The second kappa shape index (κ2) is 12.2. The molecule has 9 heteroatoms. The van der Waals surface area contributed by atoms with E-state index in [1.807, 2.05) is 55.5 Å². The van der Waals surface area contributed by atoms with E-state index in [9.17, 15) is 27.9 Å². The Bertz CT molecular complexity index is 1870. The van der Waals surface area contributed by atoms with Crippen molar-refractivity contribution in [1.82, 2.24) is 15.3 Å². The number of H-pyrrole nitrogens is 1. The standard InChI is InChI=1S/C36H34F3N3O3/c1-5-9-29(21-10-7-6-8-11-21)42-33(43)22-12-15-25(28(18-22)34(44)45)27-19-24(36(37,38)39)13-16-26(27)32-40-30-17-14-23(35(2,3)4)20-31(30)41-32/h6-8,10-20,29H,5,9H2,1-4H3,(H,40,41)(H,42,43)(H,44,45)/t29-/m1/s1. The number of fused-ring (bicyclic) bond motifs is 1. The average Bonchev–Trinajstić information content (AvgIpc) is 3.43. The van der Waals surface area contributed by atoms with Crippen LogP contribution in [0.15, 0.2) is 84.9 Å². The van der Waals surface area contributed by atoms with Crippen molar-refractivity contribution in [2.75, 3.05) is 0 Å².